The third kappa shape index (κ3) is 5.82. The van der Waals surface area contributed by atoms with Crippen molar-refractivity contribution in [2.75, 3.05) is 49.6 Å². The number of nitrogens with zero attached hydrogens (tertiary/aromatic N) is 4. The molecule has 0 N–H and O–H groups in total. The monoisotopic (exact) mass is 424 g/mol. The predicted molar refractivity (Wildman–Crippen MR) is 125 cm³/mol. The van der Waals surface area contributed by atoms with E-state index in [0.717, 1.165) is 50.0 Å². The van der Waals surface area contributed by atoms with E-state index in [9.17, 15) is 14.9 Å². The number of nitro benzene ring substituents is 1. The van der Waals surface area contributed by atoms with E-state index < -0.39 is 4.92 Å². The summed E-state index contributed by atoms with van der Waals surface area (Å²) in [6, 6.07) is 13.7. The van der Waals surface area contributed by atoms with Crippen molar-refractivity contribution in [3.63, 3.8) is 0 Å². The Morgan fingerprint density at radius 2 is 1.71 bits per heavy atom. The lowest BCUT2D eigenvalue weighted by molar-refractivity contribution is -0.384. The Kier molecular flexibility index (Phi) is 7.63. The van der Waals surface area contributed by atoms with Gasteiger partial charge in [-0.2, -0.15) is 0 Å². The fraction of sp³-hybridized carbons (Fsp3) is 0.458. The second-order valence-electron chi connectivity index (χ2n) is 8.52. The Labute approximate surface area is 184 Å². The fourth-order valence-electron chi connectivity index (χ4n) is 3.98. The van der Waals surface area contributed by atoms with Crippen LogP contribution in [0.2, 0.25) is 0 Å². The Hall–Kier alpha value is -2.93. The van der Waals surface area contributed by atoms with Crippen molar-refractivity contribution in [1.29, 1.82) is 0 Å². The third-order valence-corrected chi connectivity index (χ3v) is 5.84. The summed E-state index contributed by atoms with van der Waals surface area (Å²) in [6.07, 6.45) is 2.50. The van der Waals surface area contributed by atoms with Crippen LogP contribution < -0.4 is 9.80 Å². The number of carbonyl (C=O) groups excluding carboxylic acids is 1. The second-order valence-corrected chi connectivity index (χ2v) is 8.52. The quantitative estimate of drug-likeness (QED) is 0.463. The van der Waals surface area contributed by atoms with Crippen LogP contribution in [-0.2, 0) is 0 Å². The first-order chi connectivity index (χ1) is 14.9. The molecule has 0 bridgehead atoms. The molecule has 0 atom stereocenters. The van der Waals surface area contributed by atoms with Gasteiger partial charge in [0.15, 0.2) is 0 Å². The third-order valence-electron chi connectivity index (χ3n) is 5.84. The van der Waals surface area contributed by atoms with Gasteiger partial charge in [-0.1, -0.05) is 26.0 Å². The molecule has 166 valence electrons. The number of hydrogen-bond acceptors (Lipinski definition) is 5. The van der Waals surface area contributed by atoms with Gasteiger partial charge in [0.1, 0.15) is 0 Å². The largest absolute Gasteiger partial charge is 0.367 e. The molecule has 1 aliphatic rings. The van der Waals surface area contributed by atoms with E-state index in [0.29, 0.717) is 5.56 Å². The minimum atomic E-state index is -0.463. The zero-order chi connectivity index (χ0) is 22.4. The smallest absolute Gasteiger partial charge is 0.269 e. The average Bonchev–Trinajstić information content (AvgIpc) is 2.78. The van der Waals surface area contributed by atoms with Gasteiger partial charge in [0, 0.05) is 50.9 Å². The molecule has 1 heterocycles. The number of para-hydroxylation sites is 2. The van der Waals surface area contributed by atoms with Crippen LogP contribution in [0.25, 0.3) is 0 Å². The molecule has 7 nitrogen and oxygen atoms in total. The van der Waals surface area contributed by atoms with Crippen LogP contribution in [0.3, 0.4) is 0 Å². The lowest BCUT2D eigenvalue weighted by Crippen LogP contribution is -2.47. The van der Waals surface area contributed by atoms with Gasteiger partial charge in [0.2, 0.25) is 0 Å². The summed E-state index contributed by atoms with van der Waals surface area (Å²) in [7, 11) is 1.75. The molecule has 1 amide bonds. The van der Waals surface area contributed by atoms with Crippen molar-refractivity contribution >= 4 is 23.0 Å². The molecule has 0 unspecified atom stereocenters. The average molecular weight is 425 g/mol. The maximum Gasteiger partial charge on any atom is 0.269 e. The van der Waals surface area contributed by atoms with Crippen LogP contribution >= 0.6 is 0 Å². The molecular formula is C24H32N4O3. The van der Waals surface area contributed by atoms with Crippen LogP contribution in [0, 0.1) is 16.0 Å². The van der Waals surface area contributed by atoms with Crippen LogP contribution in [0.1, 0.15) is 37.0 Å². The van der Waals surface area contributed by atoms with Gasteiger partial charge in [-0.3, -0.25) is 19.8 Å². The van der Waals surface area contributed by atoms with E-state index >= 15 is 0 Å². The van der Waals surface area contributed by atoms with Crippen molar-refractivity contribution < 1.29 is 9.72 Å². The number of hydrogen-bond donors (Lipinski definition) is 0. The topological polar surface area (TPSA) is 69.9 Å². The number of carbonyl (C=O) groups is 1. The molecule has 0 saturated carbocycles. The minimum absolute atomic E-state index is 0.0223. The lowest BCUT2D eigenvalue weighted by Gasteiger charge is -2.38. The lowest BCUT2D eigenvalue weighted by atomic mass is 10.1. The SMILES string of the molecule is CC(C)CCCN1CCN(c2ccccc2N(C)C(=O)c2ccc([N+](=O)[O-])cc2)CC1. The Bertz CT molecular complexity index is 890. The summed E-state index contributed by atoms with van der Waals surface area (Å²) in [5.74, 6) is 0.562. The highest BCUT2D eigenvalue weighted by Crippen LogP contribution is 2.30. The number of benzene rings is 2. The standard InChI is InChI=1S/C24H32N4O3/c1-19(2)7-6-14-26-15-17-27(18-16-26)23-9-5-4-8-22(23)25(3)24(29)20-10-12-21(13-11-20)28(30)31/h4-5,8-13,19H,6-7,14-18H2,1-3H3. The van der Waals surface area contributed by atoms with Gasteiger partial charge in [0.25, 0.3) is 11.6 Å². The maximum atomic E-state index is 13.0. The van der Waals surface area contributed by atoms with Gasteiger partial charge in [-0.15, -0.1) is 0 Å². The molecule has 7 heteroatoms. The van der Waals surface area contributed by atoms with Crippen LogP contribution in [-0.4, -0.2) is 55.5 Å². The van der Waals surface area contributed by atoms with Crippen molar-refractivity contribution in [2.45, 2.75) is 26.7 Å². The number of amides is 1. The number of rotatable bonds is 8. The normalized spacial score (nSPS) is 14.6. The molecule has 0 aromatic heterocycles. The summed E-state index contributed by atoms with van der Waals surface area (Å²) >= 11 is 0. The van der Waals surface area contributed by atoms with Crippen molar-refractivity contribution in [2.24, 2.45) is 5.92 Å². The molecule has 1 fully saturated rings. The molecule has 2 aromatic carbocycles. The summed E-state index contributed by atoms with van der Waals surface area (Å²) in [5.41, 5.74) is 2.30. The first kappa shape index (κ1) is 22.7. The molecule has 0 spiro atoms. The summed E-state index contributed by atoms with van der Waals surface area (Å²) in [4.78, 5) is 29.9. The number of piperazine rings is 1. The Morgan fingerprint density at radius 3 is 2.32 bits per heavy atom. The number of non-ortho nitro benzene ring substituents is 1. The van der Waals surface area contributed by atoms with Gasteiger partial charge in [-0.25, -0.2) is 0 Å². The zero-order valence-electron chi connectivity index (χ0n) is 18.7. The Morgan fingerprint density at radius 1 is 1.06 bits per heavy atom. The molecule has 2 aromatic rings. The van der Waals surface area contributed by atoms with Crippen molar-refractivity contribution in [3.05, 3.63) is 64.2 Å². The number of nitro groups is 1. The highest BCUT2D eigenvalue weighted by atomic mass is 16.6. The molecule has 31 heavy (non-hydrogen) atoms. The van der Waals surface area contributed by atoms with Crippen molar-refractivity contribution in [3.8, 4) is 0 Å². The van der Waals surface area contributed by atoms with Crippen LogP contribution in [0.15, 0.2) is 48.5 Å². The minimum Gasteiger partial charge on any atom is -0.367 e. The van der Waals surface area contributed by atoms with Crippen LogP contribution in [0.5, 0.6) is 0 Å². The van der Waals surface area contributed by atoms with E-state index in [1.165, 1.54) is 37.1 Å². The Balaban J connectivity index is 1.67. The molecule has 3 rings (SSSR count). The van der Waals surface area contributed by atoms with Gasteiger partial charge < -0.3 is 9.80 Å². The van der Waals surface area contributed by atoms with Crippen LogP contribution in [0.4, 0.5) is 17.1 Å². The second kappa shape index (κ2) is 10.4. The molecule has 0 aliphatic carbocycles. The first-order valence-electron chi connectivity index (χ1n) is 11.0. The highest BCUT2D eigenvalue weighted by Gasteiger charge is 2.23. The fourth-order valence-corrected chi connectivity index (χ4v) is 3.98. The molecular weight excluding hydrogens is 392 g/mol. The summed E-state index contributed by atoms with van der Waals surface area (Å²) in [5, 5.41) is 10.9. The summed E-state index contributed by atoms with van der Waals surface area (Å²) < 4.78 is 0. The highest BCUT2D eigenvalue weighted by molar-refractivity contribution is 6.07. The molecule has 1 aliphatic heterocycles. The van der Waals surface area contributed by atoms with E-state index in [1.807, 2.05) is 18.2 Å². The van der Waals surface area contributed by atoms with E-state index in [2.05, 4.69) is 29.7 Å². The first-order valence-corrected chi connectivity index (χ1v) is 11.0. The molecule has 0 radical (unpaired) electrons. The van der Waals surface area contributed by atoms with Gasteiger partial charge in [0.05, 0.1) is 16.3 Å². The van der Waals surface area contributed by atoms with E-state index in [1.54, 1.807) is 11.9 Å². The van der Waals surface area contributed by atoms with E-state index in [-0.39, 0.29) is 11.6 Å². The predicted octanol–water partition coefficient (Wildman–Crippen LogP) is 4.43. The molecule has 1 saturated heterocycles. The van der Waals surface area contributed by atoms with Crippen molar-refractivity contribution in [1.82, 2.24) is 4.90 Å². The summed E-state index contributed by atoms with van der Waals surface area (Å²) in [6.45, 7) is 9.58. The van der Waals surface area contributed by atoms with E-state index in [4.69, 9.17) is 0 Å². The zero-order valence-corrected chi connectivity index (χ0v) is 18.7. The number of anilines is 2. The van der Waals surface area contributed by atoms with Gasteiger partial charge in [-0.05, 0) is 49.6 Å². The van der Waals surface area contributed by atoms with Gasteiger partial charge >= 0.3 is 0 Å². The maximum absolute atomic E-state index is 13.0.